The number of ether oxygens (including phenoxy) is 1. The summed E-state index contributed by atoms with van der Waals surface area (Å²) < 4.78 is 7.34. The summed E-state index contributed by atoms with van der Waals surface area (Å²) in [7, 11) is 0. The number of thiazole rings is 2. The summed E-state index contributed by atoms with van der Waals surface area (Å²) in [5, 5.41) is 30.9. The summed E-state index contributed by atoms with van der Waals surface area (Å²) in [4.78, 5) is 88.7. The highest BCUT2D eigenvalue weighted by molar-refractivity contribution is 7.22. The van der Waals surface area contributed by atoms with Gasteiger partial charge in [-0.3, -0.25) is 29.4 Å². The second kappa shape index (κ2) is 24.9. The van der Waals surface area contributed by atoms with Gasteiger partial charge in [0.25, 0.3) is 5.91 Å². The molecule has 3 aromatic heterocycles. The number of anilines is 2. The number of piperidine rings is 1. The number of β-amino-alcohol motifs (C(OH)–C–C–N with tert-alkyl or cyclic N) is 1. The number of carboxylic acid groups (broad SMARTS) is 1. The Hall–Kier alpha value is -7.58. The number of para-hydroxylation sites is 1. The van der Waals surface area contributed by atoms with Crippen molar-refractivity contribution < 1.29 is 38.9 Å². The standard InChI is InChI=1S/C63H71N9O8S2/c1-37-45(46-23-24-53(67-55(46)61(78)79)71-30-27-42-13-9-15-47(48(42)34-71)58(75)69-62-66-49-16-7-8-18-52(49)82-62)14-10-17-51(37)80-31-11-12-40-25-28-70(29-26-40)35-54(74)68-57(63(4,5)6)60(77)72-33-44(73)32-50(72)59(76)65-38(2)41-19-21-43(22-20-41)56-39(3)64-36-81-56/h7-10,13-24,36,38,40,44,50,57,73H,11-12,25-35H2,1-6H3,(H,65,76)(H,68,74)(H,78,79)(H,66,69,75). The highest BCUT2D eigenvalue weighted by Crippen LogP contribution is 2.36. The predicted octanol–water partition coefficient (Wildman–Crippen LogP) is 9.85. The molecule has 19 heteroatoms. The summed E-state index contributed by atoms with van der Waals surface area (Å²) in [6.07, 6.45) is 3.47. The summed E-state index contributed by atoms with van der Waals surface area (Å²) in [5.41, 5.74) is 9.31. The minimum absolute atomic E-state index is 0.00191. The molecular weight excluding hydrogens is 1070 g/mol. The van der Waals surface area contributed by atoms with Crippen LogP contribution in [0, 0.1) is 25.2 Å². The summed E-state index contributed by atoms with van der Waals surface area (Å²) >= 11 is 3.00. The Bertz CT molecular complexity index is 3460. The van der Waals surface area contributed by atoms with Crippen molar-refractivity contribution >= 4 is 73.4 Å². The largest absolute Gasteiger partial charge is 0.493 e. The maximum atomic E-state index is 14.3. The first-order valence-electron chi connectivity index (χ1n) is 28.2. The van der Waals surface area contributed by atoms with Crippen molar-refractivity contribution in [1.29, 1.82) is 0 Å². The number of rotatable bonds is 18. The van der Waals surface area contributed by atoms with Gasteiger partial charge in [0.05, 0.1) is 51.6 Å². The molecule has 3 aliphatic rings. The first-order chi connectivity index (χ1) is 39.4. The number of carbonyl (C=O) groups is 5. The third kappa shape index (κ3) is 13.0. The predicted molar refractivity (Wildman–Crippen MR) is 320 cm³/mol. The number of aryl methyl sites for hydroxylation is 1. The van der Waals surface area contributed by atoms with Gasteiger partial charge in [-0.2, -0.15) is 0 Å². The van der Waals surface area contributed by atoms with E-state index in [9.17, 15) is 34.2 Å². The van der Waals surface area contributed by atoms with E-state index in [1.807, 2.05) is 149 Å². The van der Waals surface area contributed by atoms with E-state index in [0.717, 1.165) is 92.9 Å². The Morgan fingerprint density at radius 2 is 1.63 bits per heavy atom. The molecule has 0 saturated carbocycles. The number of fused-ring (bicyclic) bond motifs is 2. The SMILES string of the molecule is Cc1ncsc1-c1ccc(C(C)NC(=O)C2CC(O)CN2C(=O)C(NC(=O)CN2CCC(CCCOc3cccc(-c4ccc(N5CCc6cccc(C(=O)Nc7nc8ccccc8s7)c6C5)nc4C(=O)O)c3C)CC2)C(C)(C)C)cc1. The molecule has 0 radical (unpaired) electrons. The molecule has 82 heavy (non-hydrogen) atoms. The number of likely N-dealkylation sites (tertiary alicyclic amines) is 2. The van der Waals surface area contributed by atoms with Gasteiger partial charge in [0, 0.05) is 37.2 Å². The van der Waals surface area contributed by atoms with E-state index in [4.69, 9.17) is 9.72 Å². The summed E-state index contributed by atoms with van der Waals surface area (Å²) in [6, 6.07) is 28.6. The molecule has 0 aliphatic carbocycles. The van der Waals surface area contributed by atoms with Gasteiger partial charge >= 0.3 is 5.97 Å². The fourth-order valence-electron chi connectivity index (χ4n) is 11.6. The van der Waals surface area contributed by atoms with Crippen molar-refractivity contribution in [1.82, 2.24) is 35.4 Å². The van der Waals surface area contributed by atoms with Crippen LogP contribution in [-0.2, 0) is 27.3 Å². The van der Waals surface area contributed by atoms with Gasteiger partial charge in [-0.1, -0.05) is 92.8 Å². The zero-order chi connectivity index (χ0) is 57.8. The molecule has 0 spiro atoms. The number of carboxylic acids is 1. The quantitative estimate of drug-likeness (QED) is 0.0506. The molecule has 428 valence electrons. The highest BCUT2D eigenvalue weighted by Gasteiger charge is 2.45. The van der Waals surface area contributed by atoms with Gasteiger partial charge in [-0.05, 0) is 147 Å². The molecule has 4 amide bonds. The van der Waals surface area contributed by atoms with Crippen LogP contribution < -0.4 is 25.6 Å². The molecule has 6 heterocycles. The molecule has 4 aromatic carbocycles. The van der Waals surface area contributed by atoms with E-state index < -0.39 is 35.5 Å². The second-order valence-electron chi connectivity index (χ2n) is 22.9. The fraction of sp³-hybridized carbons (Fsp3) is 0.397. The van der Waals surface area contributed by atoms with Gasteiger partial charge < -0.3 is 35.4 Å². The number of amides is 4. The monoisotopic (exact) mass is 1150 g/mol. The lowest BCUT2D eigenvalue weighted by atomic mass is 9.85. The average molecular weight is 1150 g/mol. The van der Waals surface area contributed by atoms with E-state index in [1.54, 1.807) is 11.3 Å². The minimum atomic E-state index is -1.14. The normalized spacial score (nSPS) is 17.5. The third-order valence-electron chi connectivity index (χ3n) is 16.2. The molecular formula is C63H71N9O8S2. The maximum Gasteiger partial charge on any atom is 0.355 e. The Balaban J connectivity index is 0.690. The van der Waals surface area contributed by atoms with Crippen molar-refractivity contribution in [2.75, 3.05) is 49.5 Å². The number of aliphatic hydroxyl groups is 1. The lowest BCUT2D eigenvalue weighted by Gasteiger charge is -2.36. The lowest BCUT2D eigenvalue weighted by molar-refractivity contribution is -0.144. The number of hydrogen-bond acceptors (Lipinski definition) is 14. The molecule has 5 N–H and O–H groups in total. The van der Waals surface area contributed by atoms with Gasteiger partial charge in [-0.15, -0.1) is 11.3 Å². The van der Waals surface area contributed by atoms with Gasteiger partial charge in [0.2, 0.25) is 17.7 Å². The van der Waals surface area contributed by atoms with E-state index in [2.05, 4.69) is 30.8 Å². The zero-order valence-electron chi connectivity index (χ0n) is 47.2. The van der Waals surface area contributed by atoms with Crippen molar-refractivity contribution in [2.45, 2.75) is 111 Å². The molecule has 4 atom stereocenters. The third-order valence-corrected chi connectivity index (χ3v) is 18.1. The number of hydrogen-bond donors (Lipinski definition) is 5. The van der Waals surface area contributed by atoms with E-state index in [0.29, 0.717) is 59.9 Å². The average Bonchev–Trinajstić information content (AvgIpc) is 4.12. The Kier molecular flexibility index (Phi) is 17.5. The molecule has 4 unspecified atom stereocenters. The van der Waals surface area contributed by atoms with Crippen molar-refractivity contribution in [3.8, 4) is 27.3 Å². The van der Waals surface area contributed by atoms with Crippen LogP contribution in [0.15, 0.2) is 103 Å². The van der Waals surface area contributed by atoms with Crippen molar-refractivity contribution in [3.63, 3.8) is 0 Å². The number of aliphatic hydroxyl groups excluding tert-OH is 1. The molecule has 0 bridgehead atoms. The van der Waals surface area contributed by atoms with Crippen LogP contribution >= 0.6 is 22.7 Å². The maximum absolute atomic E-state index is 14.3. The zero-order valence-corrected chi connectivity index (χ0v) is 48.9. The first kappa shape index (κ1) is 57.6. The molecule has 2 saturated heterocycles. The van der Waals surface area contributed by atoms with E-state index in [1.165, 1.54) is 16.2 Å². The number of aromatic nitrogens is 3. The van der Waals surface area contributed by atoms with Crippen LogP contribution in [-0.4, -0.2) is 122 Å². The highest BCUT2D eigenvalue weighted by atomic mass is 32.1. The van der Waals surface area contributed by atoms with Crippen LogP contribution in [0.2, 0.25) is 0 Å². The number of carbonyl (C=O) groups excluding carboxylic acids is 4. The molecule has 3 aliphatic heterocycles. The molecule has 7 aromatic rings. The van der Waals surface area contributed by atoms with Crippen LogP contribution in [0.5, 0.6) is 5.75 Å². The number of benzene rings is 4. The van der Waals surface area contributed by atoms with Gasteiger partial charge in [0.15, 0.2) is 10.8 Å². The van der Waals surface area contributed by atoms with Crippen LogP contribution in [0.4, 0.5) is 10.9 Å². The number of aromatic carboxylic acids is 1. The Morgan fingerprint density at radius 1 is 0.866 bits per heavy atom. The smallest absolute Gasteiger partial charge is 0.355 e. The van der Waals surface area contributed by atoms with Gasteiger partial charge in [0.1, 0.15) is 23.7 Å². The lowest BCUT2D eigenvalue weighted by Crippen LogP contribution is -2.59. The Labute approximate surface area is 486 Å². The second-order valence-corrected chi connectivity index (χ2v) is 24.8. The molecule has 10 rings (SSSR count). The fourth-order valence-corrected chi connectivity index (χ4v) is 13.2. The van der Waals surface area contributed by atoms with E-state index in [-0.39, 0.29) is 49.0 Å². The summed E-state index contributed by atoms with van der Waals surface area (Å²) in [5.74, 6) is -0.775. The van der Waals surface area contributed by atoms with Crippen molar-refractivity contribution in [3.05, 3.63) is 142 Å². The minimum Gasteiger partial charge on any atom is -0.493 e. The number of pyridine rings is 1. The van der Waals surface area contributed by atoms with Gasteiger partial charge in [-0.25, -0.2) is 19.7 Å². The number of nitrogens with one attached hydrogen (secondary N) is 3. The number of nitrogens with zero attached hydrogens (tertiary/aromatic N) is 6. The van der Waals surface area contributed by atoms with Crippen LogP contribution in [0.1, 0.15) is 115 Å². The van der Waals surface area contributed by atoms with Crippen molar-refractivity contribution in [2.24, 2.45) is 11.3 Å². The van der Waals surface area contributed by atoms with E-state index >= 15 is 0 Å². The first-order valence-corrected chi connectivity index (χ1v) is 29.9. The topological polar surface area (TPSA) is 220 Å². The van der Waals surface area contributed by atoms with Crippen LogP contribution in [0.25, 0.3) is 31.8 Å². The Morgan fingerprint density at radius 3 is 2.37 bits per heavy atom. The van der Waals surface area contributed by atoms with Crippen LogP contribution in [0.3, 0.4) is 0 Å². The summed E-state index contributed by atoms with van der Waals surface area (Å²) in [6.45, 7) is 14.5. The molecule has 17 nitrogen and oxygen atoms in total. The molecule has 2 fully saturated rings.